The third kappa shape index (κ3) is 4.58. The van der Waals surface area contributed by atoms with Crippen molar-refractivity contribution in [1.29, 1.82) is 0 Å². The number of anilines is 1. The second kappa shape index (κ2) is 9.31. The van der Waals surface area contributed by atoms with Gasteiger partial charge in [0, 0.05) is 29.9 Å². The molecule has 3 aromatic heterocycles. The largest absolute Gasteiger partial charge is 0.497 e. The number of amides is 1. The van der Waals surface area contributed by atoms with Gasteiger partial charge in [0.05, 0.1) is 17.4 Å². The van der Waals surface area contributed by atoms with Crippen LogP contribution in [0.1, 0.15) is 12.8 Å². The zero-order chi connectivity index (χ0) is 23.9. The number of aromatic nitrogens is 1. The Balaban J connectivity index is 1.28. The van der Waals surface area contributed by atoms with Crippen LogP contribution in [0.5, 0.6) is 5.75 Å². The van der Waals surface area contributed by atoms with Crippen molar-refractivity contribution in [2.24, 2.45) is 5.92 Å². The number of thiazole rings is 1. The number of methoxy groups -OCH3 is 1. The van der Waals surface area contributed by atoms with Crippen LogP contribution in [0.25, 0.3) is 22.4 Å². The molecule has 1 atom stereocenters. The van der Waals surface area contributed by atoms with Crippen molar-refractivity contribution >= 4 is 66.3 Å². The van der Waals surface area contributed by atoms with Gasteiger partial charge in [-0.2, -0.15) is 4.31 Å². The summed E-state index contributed by atoms with van der Waals surface area (Å²) in [5.74, 6) is 0.569. The molecular formula is C22H20ClN3O5S3. The van der Waals surface area contributed by atoms with E-state index in [1.807, 2.05) is 23.6 Å². The molecule has 34 heavy (non-hydrogen) atoms. The Morgan fingerprint density at radius 3 is 2.91 bits per heavy atom. The van der Waals surface area contributed by atoms with Gasteiger partial charge in [-0.3, -0.25) is 4.79 Å². The van der Waals surface area contributed by atoms with Gasteiger partial charge in [0.25, 0.3) is 10.0 Å². The third-order valence-corrected chi connectivity index (χ3v) is 9.93. The predicted octanol–water partition coefficient (Wildman–Crippen LogP) is 5.32. The van der Waals surface area contributed by atoms with E-state index in [2.05, 4.69) is 10.3 Å². The van der Waals surface area contributed by atoms with Crippen molar-refractivity contribution in [1.82, 2.24) is 9.29 Å². The highest BCUT2D eigenvalue weighted by atomic mass is 35.5. The van der Waals surface area contributed by atoms with Crippen LogP contribution < -0.4 is 10.1 Å². The number of sulfonamides is 1. The lowest BCUT2D eigenvalue weighted by molar-refractivity contribution is -0.120. The average Bonchev–Trinajstić information content (AvgIpc) is 3.58. The van der Waals surface area contributed by atoms with E-state index in [1.54, 1.807) is 19.2 Å². The van der Waals surface area contributed by atoms with E-state index < -0.39 is 15.9 Å². The van der Waals surface area contributed by atoms with Crippen LogP contribution in [0.3, 0.4) is 0 Å². The van der Waals surface area contributed by atoms with Crippen molar-refractivity contribution in [2.75, 3.05) is 25.5 Å². The van der Waals surface area contributed by atoms with Gasteiger partial charge < -0.3 is 14.5 Å². The normalized spacial score (nSPS) is 17.2. The van der Waals surface area contributed by atoms with Crippen molar-refractivity contribution in [3.05, 3.63) is 46.1 Å². The first kappa shape index (κ1) is 23.3. The minimum absolute atomic E-state index is 0.118. The number of ether oxygens (including phenoxy) is 1. The van der Waals surface area contributed by atoms with Crippen molar-refractivity contribution in [2.45, 2.75) is 17.1 Å². The predicted molar refractivity (Wildman–Crippen MR) is 133 cm³/mol. The second-order valence-electron chi connectivity index (χ2n) is 7.80. The van der Waals surface area contributed by atoms with Crippen molar-refractivity contribution in [3.63, 3.8) is 0 Å². The number of thiophene rings is 1. The summed E-state index contributed by atoms with van der Waals surface area (Å²) in [6.07, 6.45) is 1.20. The molecule has 1 aromatic carbocycles. The molecule has 4 heterocycles. The lowest BCUT2D eigenvalue weighted by atomic mass is 9.99. The maximum Gasteiger partial charge on any atom is 0.252 e. The highest BCUT2D eigenvalue weighted by Crippen LogP contribution is 2.33. The van der Waals surface area contributed by atoms with Crippen molar-refractivity contribution in [3.8, 4) is 17.2 Å². The maximum atomic E-state index is 12.9. The highest BCUT2D eigenvalue weighted by Gasteiger charge is 2.34. The zero-order valence-corrected chi connectivity index (χ0v) is 21.2. The number of hydrogen-bond acceptors (Lipinski definition) is 8. The number of furan rings is 1. The van der Waals surface area contributed by atoms with Gasteiger partial charge in [-0.25, -0.2) is 13.4 Å². The Labute approximate surface area is 209 Å². The van der Waals surface area contributed by atoms with E-state index >= 15 is 0 Å². The number of hydrogen-bond donors (Lipinski definition) is 1. The number of nitrogens with zero attached hydrogens (tertiary/aromatic N) is 2. The molecule has 0 saturated carbocycles. The number of rotatable bonds is 6. The number of nitrogens with one attached hydrogen (secondary N) is 1. The fourth-order valence-corrected chi connectivity index (χ4v) is 7.72. The third-order valence-electron chi connectivity index (χ3n) is 5.61. The molecular weight excluding hydrogens is 518 g/mol. The summed E-state index contributed by atoms with van der Waals surface area (Å²) < 4.78 is 38.9. The van der Waals surface area contributed by atoms with Gasteiger partial charge in [0.2, 0.25) is 5.91 Å². The Bertz CT molecular complexity index is 1460. The Morgan fingerprint density at radius 2 is 2.15 bits per heavy atom. The molecule has 1 N–H and O–H groups in total. The van der Waals surface area contributed by atoms with E-state index in [0.717, 1.165) is 16.7 Å². The SMILES string of the molecule is COc1ccc2cc(-c3csc(NC(=O)C4CCCN(S(=O)(=O)c5ccc(Cl)s5)C4)n3)oc2c1. The standard InChI is InChI=1S/C22H20ClN3O5S3/c1-30-15-5-4-13-9-18(31-17(13)10-15)16-12-32-22(24-16)25-21(27)14-3-2-8-26(11-14)34(28,29)20-7-6-19(23)33-20/h4-7,9-10,12,14H,2-3,8,11H2,1H3,(H,24,25,27). The summed E-state index contributed by atoms with van der Waals surface area (Å²) in [4.78, 5) is 17.4. The monoisotopic (exact) mass is 537 g/mol. The van der Waals surface area contributed by atoms with E-state index in [4.69, 9.17) is 20.8 Å². The van der Waals surface area contributed by atoms with E-state index in [0.29, 0.717) is 51.6 Å². The van der Waals surface area contributed by atoms with E-state index in [9.17, 15) is 13.2 Å². The van der Waals surface area contributed by atoms with Gasteiger partial charge in [0.15, 0.2) is 10.9 Å². The molecule has 4 aromatic rings. The fraction of sp³-hybridized carbons (Fsp3) is 0.273. The highest BCUT2D eigenvalue weighted by molar-refractivity contribution is 7.91. The maximum absolute atomic E-state index is 12.9. The van der Waals surface area contributed by atoms with Crippen molar-refractivity contribution < 1.29 is 22.4 Å². The van der Waals surface area contributed by atoms with Crippen LogP contribution >= 0.6 is 34.3 Å². The van der Waals surface area contributed by atoms with Crippen LogP contribution in [0.15, 0.2) is 50.4 Å². The van der Waals surface area contributed by atoms with Crippen LogP contribution in [-0.2, 0) is 14.8 Å². The summed E-state index contributed by atoms with van der Waals surface area (Å²) in [5.41, 5.74) is 1.29. The second-order valence-corrected chi connectivity index (χ2v) is 12.5. The molecule has 1 amide bonds. The number of piperidine rings is 1. The number of halogens is 1. The summed E-state index contributed by atoms with van der Waals surface area (Å²) in [7, 11) is -2.08. The molecule has 12 heteroatoms. The van der Waals surface area contributed by atoms with E-state index in [1.165, 1.54) is 21.7 Å². The molecule has 1 fully saturated rings. The molecule has 5 rings (SSSR count). The zero-order valence-electron chi connectivity index (χ0n) is 18.0. The molecule has 0 spiro atoms. The first-order valence-corrected chi connectivity index (χ1v) is 13.9. The number of carbonyl (C=O) groups is 1. The molecule has 0 radical (unpaired) electrons. The molecule has 0 aliphatic carbocycles. The van der Waals surface area contributed by atoms with Crippen LogP contribution in [0, 0.1) is 5.92 Å². The Hall–Kier alpha value is -2.44. The molecule has 1 aliphatic rings. The Kier molecular flexibility index (Phi) is 6.38. The summed E-state index contributed by atoms with van der Waals surface area (Å²) >= 11 is 8.21. The molecule has 1 unspecified atom stereocenters. The Morgan fingerprint density at radius 1 is 1.29 bits per heavy atom. The fourth-order valence-electron chi connectivity index (χ4n) is 3.85. The first-order chi connectivity index (χ1) is 16.3. The van der Waals surface area contributed by atoms with Gasteiger partial charge in [0.1, 0.15) is 21.2 Å². The topological polar surface area (TPSA) is 102 Å². The number of carbonyl (C=O) groups excluding carboxylic acids is 1. The average molecular weight is 538 g/mol. The summed E-state index contributed by atoms with van der Waals surface area (Å²) in [6, 6.07) is 10.5. The number of benzene rings is 1. The summed E-state index contributed by atoms with van der Waals surface area (Å²) in [6.45, 7) is 0.493. The van der Waals surface area contributed by atoms with E-state index in [-0.39, 0.29) is 16.7 Å². The smallest absolute Gasteiger partial charge is 0.252 e. The van der Waals surface area contributed by atoms with Gasteiger partial charge in [-0.05, 0) is 43.2 Å². The van der Waals surface area contributed by atoms with Crippen LogP contribution in [-0.4, -0.2) is 43.8 Å². The first-order valence-electron chi connectivity index (χ1n) is 10.4. The van der Waals surface area contributed by atoms with Crippen LogP contribution in [0.2, 0.25) is 4.34 Å². The van der Waals surface area contributed by atoms with Gasteiger partial charge in [-0.1, -0.05) is 11.6 Å². The number of fused-ring (bicyclic) bond motifs is 1. The lowest BCUT2D eigenvalue weighted by Gasteiger charge is -2.30. The molecule has 1 aliphatic heterocycles. The molecule has 1 saturated heterocycles. The molecule has 178 valence electrons. The lowest BCUT2D eigenvalue weighted by Crippen LogP contribution is -2.43. The molecule has 8 nitrogen and oxygen atoms in total. The van der Waals surface area contributed by atoms with Gasteiger partial charge in [-0.15, -0.1) is 22.7 Å². The minimum atomic E-state index is -3.68. The quantitative estimate of drug-likeness (QED) is 0.357. The minimum Gasteiger partial charge on any atom is -0.497 e. The summed E-state index contributed by atoms with van der Waals surface area (Å²) in [5, 5.41) is 6.00. The van der Waals surface area contributed by atoms with Crippen LogP contribution in [0.4, 0.5) is 5.13 Å². The van der Waals surface area contributed by atoms with Gasteiger partial charge >= 0.3 is 0 Å². The molecule has 0 bridgehead atoms.